The van der Waals surface area contributed by atoms with E-state index in [-0.39, 0.29) is 12.5 Å². The van der Waals surface area contributed by atoms with Crippen molar-refractivity contribution in [3.63, 3.8) is 0 Å². The van der Waals surface area contributed by atoms with Gasteiger partial charge in [0.1, 0.15) is 5.75 Å². The first-order valence-corrected chi connectivity index (χ1v) is 6.59. The molecule has 0 aliphatic carbocycles. The Hall–Kier alpha value is -2.69. The summed E-state index contributed by atoms with van der Waals surface area (Å²) < 4.78 is 5.12. The van der Waals surface area contributed by atoms with Gasteiger partial charge in [-0.25, -0.2) is 0 Å². The monoisotopic (exact) mass is 285 g/mol. The maximum Gasteiger partial charge on any atom is 0.243 e. The number of hydrogen-bond acceptors (Lipinski definition) is 4. The van der Waals surface area contributed by atoms with E-state index >= 15 is 0 Å². The predicted molar refractivity (Wildman–Crippen MR) is 85.7 cm³/mol. The smallest absolute Gasteiger partial charge is 0.243 e. The van der Waals surface area contributed by atoms with Crippen LogP contribution in [-0.4, -0.2) is 26.6 Å². The highest BCUT2D eigenvalue weighted by Gasteiger charge is 2.08. The minimum atomic E-state index is -0.104. The van der Waals surface area contributed by atoms with Crippen LogP contribution in [0.25, 0.3) is 0 Å². The number of anilines is 3. The van der Waals surface area contributed by atoms with Gasteiger partial charge in [-0.2, -0.15) is 0 Å². The molecule has 0 bridgehead atoms. The highest BCUT2D eigenvalue weighted by molar-refractivity contribution is 5.94. The van der Waals surface area contributed by atoms with E-state index < -0.39 is 0 Å². The lowest BCUT2D eigenvalue weighted by molar-refractivity contribution is -0.114. The van der Waals surface area contributed by atoms with E-state index in [2.05, 4.69) is 5.32 Å². The molecule has 3 N–H and O–H groups in total. The van der Waals surface area contributed by atoms with Crippen LogP contribution in [0.5, 0.6) is 5.75 Å². The molecule has 5 nitrogen and oxygen atoms in total. The summed E-state index contributed by atoms with van der Waals surface area (Å²) in [7, 11) is 3.44. The number of rotatable bonds is 5. The molecule has 2 rings (SSSR count). The van der Waals surface area contributed by atoms with Gasteiger partial charge in [-0.15, -0.1) is 0 Å². The number of hydrogen-bond donors (Lipinski definition) is 2. The summed E-state index contributed by atoms with van der Waals surface area (Å²) in [4.78, 5) is 13.9. The zero-order chi connectivity index (χ0) is 15.2. The van der Waals surface area contributed by atoms with Gasteiger partial charge in [0.15, 0.2) is 0 Å². The molecule has 2 aromatic rings. The van der Waals surface area contributed by atoms with Crippen molar-refractivity contribution >= 4 is 23.0 Å². The first-order valence-electron chi connectivity index (χ1n) is 6.59. The summed E-state index contributed by atoms with van der Waals surface area (Å²) in [5.74, 6) is 0.602. The number of nitrogens with zero attached hydrogens (tertiary/aromatic N) is 1. The molecule has 0 saturated carbocycles. The van der Waals surface area contributed by atoms with E-state index in [0.29, 0.717) is 17.1 Å². The first kappa shape index (κ1) is 14.7. The van der Waals surface area contributed by atoms with Gasteiger partial charge in [-0.1, -0.05) is 12.1 Å². The Bertz CT molecular complexity index is 628. The van der Waals surface area contributed by atoms with E-state index in [4.69, 9.17) is 10.5 Å². The number of nitrogens with two attached hydrogens (primary N) is 1. The lowest BCUT2D eigenvalue weighted by atomic mass is 10.2. The van der Waals surface area contributed by atoms with Crippen molar-refractivity contribution in [2.45, 2.75) is 0 Å². The summed E-state index contributed by atoms with van der Waals surface area (Å²) in [5, 5.41) is 2.84. The average Bonchev–Trinajstić information content (AvgIpc) is 2.47. The molecule has 0 saturated heterocycles. The average molecular weight is 285 g/mol. The molecule has 0 fully saturated rings. The van der Waals surface area contributed by atoms with Gasteiger partial charge in [0.2, 0.25) is 5.91 Å². The zero-order valence-electron chi connectivity index (χ0n) is 12.2. The zero-order valence-corrected chi connectivity index (χ0v) is 12.2. The van der Waals surface area contributed by atoms with Gasteiger partial charge < -0.3 is 20.7 Å². The van der Waals surface area contributed by atoms with Crippen LogP contribution in [0, 0.1) is 0 Å². The highest BCUT2D eigenvalue weighted by Crippen LogP contribution is 2.18. The van der Waals surface area contributed by atoms with Crippen LogP contribution in [0.4, 0.5) is 17.1 Å². The molecule has 2 aromatic carbocycles. The molecule has 0 spiro atoms. The van der Waals surface area contributed by atoms with Gasteiger partial charge in [-0.3, -0.25) is 4.79 Å². The second-order valence-corrected chi connectivity index (χ2v) is 4.73. The lowest BCUT2D eigenvalue weighted by Crippen LogP contribution is -2.30. The van der Waals surface area contributed by atoms with Crippen molar-refractivity contribution in [1.82, 2.24) is 0 Å². The Balaban J connectivity index is 1.97. The minimum Gasteiger partial charge on any atom is -0.497 e. The molecule has 0 atom stereocenters. The van der Waals surface area contributed by atoms with Gasteiger partial charge >= 0.3 is 0 Å². The molecular formula is C16H19N3O2. The second-order valence-electron chi connectivity index (χ2n) is 4.73. The van der Waals surface area contributed by atoms with Crippen molar-refractivity contribution in [2.24, 2.45) is 0 Å². The van der Waals surface area contributed by atoms with Crippen LogP contribution in [0.15, 0.2) is 48.5 Å². The van der Waals surface area contributed by atoms with Crippen molar-refractivity contribution < 1.29 is 9.53 Å². The van der Waals surface area contributed by atoms with Crippen LogP contribution < -0.4 is 20.7 Å². The van der Waals surface area contributed by atoms with E-state index in [1.165, 1.54) is 0 Å². The maximum atomic E-state index is 12.1. The van der Waals surface area contributed by atoms with Gasteiger partial charge in [0.25, 0.3) is 0 Å². The summed E-state index contributed by atoms with van der Waals surface area (Å²) in [6, 6.07) is 14.7. The van der Waals surface area contributed by atoms with Crippen LogP contribution in [0.2, 0.25) is 0 Å². The Kier molecular flexibility index (Phi) is 4.66. The number of likely N-dealkylation sites (N-methyl/N-ethyl adjacent to an activating group) is 1. The van der Waals surface area contributed by atoms with Gasteiger partial charge in [-0.05, 0) is 30.3 Å². The highest BCUT2D eigenvalue weighted by atomic mass is 16.5. The number of amides is 1. The molecule has 0 radical (unpaired) electrons. The topological polar surface area (TPSA) is 67.6 Å². The van der Waals surface area contributed by atoms with Crippen LogP contribution in [0.1, 0.15) is 0 Å². The van der Waals surface area contributed by atoms with E-state index in [1.54, 1.807) is 13.2 Å². The number of methoxy groups -OCH3 is 1. The van der Waals surface area contributed by atoms with Crippen LogP contribution in [-0.2, 0) is 4.79 Å². The Labute approximate surface area is 124 Å². The fourth-order valence-corrected chi connectivity index (χ4v) is 1.97. The molecule has 110 valence electrons. The van der Waals surface area contributed by atoms with E-state index in [0.717, 1.165) is 5.69 Å². The number of carbonyl (C=O) groups excluding carboxylic acids is 1. The molecule has 0 unspecified atom stereocenters. The lowest BCUT2D eigenvalue weighted by Gasteiger charge is -2.19. The largest absolute Gasteiger partial charge is 0.497 e. The van der Waals surface area contributed by atoms with Gasteiger partial charge in [0.05, 0.1) is 13.7 Å². The Morgan fingerprint density at radius 3 is 2.71 bits per heavy atom. The van der Waals surface area contributed by atoms with Crippen molar-refractivity contribution in [2.75, 3.05) is 36.7 Å². The van der Waals surface area contributed by atoms with Crippen molar-refractivity contribution in [1.29, 1.82) is 0 Å². The Morgan fingerprint density at radius 1 is 1.24 bits per heavy atom. The Morgan fingerprint density at radius 2 is 2.00 bits per heavy atom. The standard InChI is InChI=1S/C16H19N3O2/c1-19(14-7-3-5-12(17)9-14)11-16(20)18-13-6-4-8-15(10-13)21-2/h3-10H,11,17H2,1-2H3,(H,18,20). The van der Waals surface area contributed by atoms with Crippen molar-refractivity contribution in [3.8, 4) is 5.75 Å². The summed E-state index contributed by atoms with van der Waals surface area (Å²) in [5.41, 5.74) is 8.02. The number of benzene rings is 2. The van der Waals surface area contributed by atoms with Crippen molar-refractivity contribution in [3.05, 3.63) is 48.5 Å². The molecular weight excluding hydrogens is 266 g/mol. The quantitative estimate of drug-likeness (QED) is 0.828. The van der Waals surface area contributed by atoms with Gasteiger partial charge in [0, 0.05) is 30.2 Å². The van der Waals surface area contributed by atoms with Crippen LogP contribution in [0.3, 0.4) is 0 Å². The maximum absolute atomic E-state index is 12.1. The number of ether oxygens (including phenoxy) is 1. The number of nitrogen functional groups attached to an aromatic ring is 1. The summed E-state index contributed by atoms with van der Waals surface area (Å²) in [6.45, 7) is 0.237. The molecule has 0 aromatic heterocycles. The molecule has 0 aliphatic rings. The number of carbonyl (C=O) groups is 1. The third-order valence-corrected chi connectivity index (χ3v) is 3.05. The minimum absolute atomic E-state index is 0.104. The molecule has 21 heavy (non-hydrogen) atoms. The fraction of sp³-hybridized carbons (Fsp3) is 0.188. The second kappa shape index (κ2) is 6.65. The molecule has 5 heteroatoms. The van der Waals surface area contributed by atoms with E-state index in [9.17, 15) is 4.79 Å². The molecule has 0 heterocycles. The van der Waals surface area contributed by atoms with Crippen LogP contribution >= 0.6 is 0 Å². The third-order valence-electron chi connectivity index (χ3n) is 3.05. The molecule has 1 amide bonds. The third kappa shape index (κ3) is 4.14. The van der Waals surface area contributed by atoms with E-state index in [1.807, 2.05) is 54.4 Å². The summed E-state index contributed by atoms with van der Waals surface area (Å²) >= 11 is 0. The molecule has 0 aliphatic heterocycles. The number of nitrogens with one attached hydrogen (secondary N) is 1. The summed E-state index contributed by atoms with van der Waals surface area (Å²) in [6.07, 6.45) is 0. The fourth-order valence-electron chi connectivity index (χ4n) is 1.97. The SMILES string of the molecule is COc1cccc(NC(=O)CN(C)c2cccc(N)c2)c1. The predicted octanol–water partition coefficient (Wildman–Crippen LogP) is 2.35. The first-order chi connectivity index (χ1) is 10.1. The normalized spacial score (nSPS) is 10.0.